The number of anilines is 4. The lowest BCUT2D eigenvalue weighted by Crippen LogP contribution is -2.28. The zero-order chi connectivity index (χ0) is 57.8. The maximum Gasteiger partial charge on any atom is 0.435 e. The van der Waals surface area contributed by atoms with Crippen molar-refractivity contribution in [2.45, 2.75) is 92.3 Å². The number of carbonyl (C=O) groups excluding carboxylic acids is 4. The Kier molecular flexibility index (Phi) is 20.3. The summed E-state index contributed by atoms with van der Waals surface area (Å²) in [7, 11) is 0. The second-order valence-corrected chi connectivity index (χ2v) is 21.5. The number of rotatable bonds is 14. The molecule has 0 aliphatic heterocycles. The first-order chi connectivity index (χ1) is 37.4. The average Bonchev–Trinajstić information content (AvgIpc) is 4.33. The largest absolute Gasteiger partial charge is 0.454 e. The van der Waals surface area contributed by atoms with E-state index in [-0.39, 0.29) is 33.8 Å². The first-order valence-corrected chi connectivity index (χ1v) is 26.7. The molecule has 0 saturated heterocycles. The van der Waals surface area contributed by atoms with Gasteiger partial charge in [0.25, 0.3) is 11.4 Å². The van der Waals surface area contributed by atoms with E-state index in [0.29, 0.717) is 71.8 Å². The Morgan fingerprint density at radius 1 is 0.671 bits per heavy atom. The summed E-state index contributed by atoms with van der Waals surface area (Å²) in [5.74, 6) is 0. The van der Waals surface area contributed by atoms with Crippen molar-refractivity contribution < 1.29 is 48.0 Å². The van der Waals surface area contributed by atoms with Crippen LogP contribution in [0.15, 0.2) is 85.2 Å². The molecular formula is C50H51Cl3N12O12S2. The molecule has 79 heavy (non-hydrogen) atoms. The number of hydrogen-bond acceptors (Lipinski definition) is 21. The zero-order valence-electron chi connectivity index (χ0n) is 43.6. The summed E-state index contributed by atoms with van der Waals surface area (Å²) >= 11 is 20.4. The predicted molar refractivity (Wildman–Crippen MR) is 301 cm³/mol. The molecule has 24 nitrogen and oxygen atoms in total. The quantitative estimate of drug-likeness (QED) is 0.0348. The number of unbranched alkanes of at least 4 members (excludes halogenated alkanes) is 2. The van der Waals surface area contributed by atoms with E-state index >= 15 is 0 Å². The van der Waals surface area contributed by atoms with Crippen LogP contribution in [0.25, 0.3) is 42.9 Å². The van der Waals surface area contributed by atoms with Gasteiger partial charge in [-0.1, -0.05) is 96.8 Å². The van der Waals surface area contributed by atoms with E-state index in [9.17, 15) is 39.4 Å². The normalized spacial score (nSPS) is 11.2. The lowest BCUT2D eigenvalue weighted by Gasteiger charge is -2.21. The van der Waals surface area contributed by atoms with E-state index < -0.39 is 44.8 Å². The van der Waals surface area contributed by atoms with Gasteiger partial charge in [0.05, 0.1) is 67.9 Å². The highest BCUT2D eigenvalue weighted by atomic mass is 35.5. The highest BCUT2D eigenvalue weighted by Crippen LogP contribution is 2.41. The molecule has 0 aliphatic carbocycles. The van der Waals surface area contributed by atoms with Gasteiger partial charge in [0.1, 0.15) is 21.2 Å². The number of nitrogens with one attached hydrogen (secondary N) is 1. The monoisotopic (exact) mass is 1180 g/mol. The SMILES string of the molecule is CC(C)(C)OC(=O)n1ncc2c(Cl)c(Nc3nnc(-c4cccc([N+](=O)[O-])c4)s3)ccc21.CCCCOC(=O)Cl.CCCCOC(=O)N(c1nnc(-c2cccc([N+](=O)[O-])c2)s1)c1ccc2c(cnn2C(=O)OC(C)(C)C)c1Cl. The number of ether oxygens (including phenoxy) is 4. The predicted octanol–water partition coefficient (Wildman–Crippen LogP) is 14.8. The Labute approximate surface area is 473 Å². The van der Waals surface area contributed by atoms with E-state index in [1.807, 2.05) is 13.8 Å². The molecule has 0 radical (unpaired) electrons. The third-order valence-electron chi connectivity index (χ3n) is 10.2. The second-order valence-electron chi connectivity index (χ2n) is 18.5. The Bertz CT molecular complexity index is 3520. The summed E-state index contributed by atoms with van der Waals surface area (Å²) in [5, 5.41) is 52.9. The molecule has 4 aromatic heterocycles. The molecule has 0 fully saturated rings. The first kappa shape index (κ1) is 60.3. The molecular weight excluding hydrogens is 1130 g/mol. The van der Waals surface area contributed by atoms with Crippen LogP contribution in [0, 0.1) is 20.2 Å². The van der Waals surface area contributed by atoms with Crippen molar-refractivity contribution in [3.05, 3.63) is 115 Å². The Morgan fingerprint density at radius 2 is 1.16 bits per heavy atom. The molecule has 0 saturated carbocycles. The lowest BCUT2D eigenvalue weighted by atomic mass is 10.2. The van der Waals surface area contributed by atoms with Crippen molar-refractivity contribution >= 4 is 136 Å². The summed E-state index contributed by atoms with van der Waals surface area (Å²) in [6.07, 6.45) is 4.26. The van der Waals surface area contributed by atoms with E-state index in [1.54, 1.807) is 90.1 Å². The van der Waals surface area contributed by atoms with Gasteiger partial charge in [-0.3, -0.25) is 20.2 Å². The maximum atomic E-state index is 13.3. The minimum absolute atomic E-state index is 0.0253. The molecule has 4 heterocycles. The maximum absolute atomic E-state index is 13.3. The third-order valence-corrected chi connectivity index (χ3v) is 13.0. The summed E-state index contributed by atoms with van der Waals surface area (Å²) in [6, 6.07) is 18.6. The van der Waals surface area contributed by atoms with Crippen molar-refractivity contribution in [1.82, 2.24) is 40.0 Å². The van der Waals surface area contributed by atoms with Gasteiger partial charge in [-0.25, -0.2) is 24.1 Å². The van der Waals surface area contributed by atoms with E-state index in [2.05, 4.69) is 40.6 Å². The van der Waals surface area contributed by atoms with Crippen molar-refractivity contribution in [3.63, 3.8) is 0 Å². The summed E-state index contributed by atoms with van der Waals surface area (Å²) < 4.78 is 22.9. The number of aromatic nitrogens is 8. The van der Waals surface area contributed by atoms with Crippen molar-refractivity contribution in [2.24, 2.45) is 0 Å². The molecule has 29 heteroatoms. The number of nitrogens with zero attached hydrogens (tertiary/aromatic N) is 11. The number of amides is 1. The number of carbonyl (C=O) groups is 4. The molecule has 416 valence electrons. The number of hydrogen-bond donors (Lipinski definition) is 1. The fraction of sp³-hybridized carbons (Fsp3) is 0.320. The van der Waals surface area contributed by atoms with Gasteiger partial charge in [0.15, 0.2) is 0 Å². The van der Waals surface area contributed by atoms with Crippen LogP contribution in [-0.4, -0.2) is 97.9 Å². The standard InChI is InChI=1S/C25H25ClN6O6S.C20H17ClN6O4S.C5H9ClO2/c1-5-6-12-37-23(33)30(22-29-28-21(39-22)15-8-7-9-16(13-15)32(35)36)19-11-10-18-17(20(19)26)14-27-31(18)24(34)38-25(2,3)4;1-20(2,3)31-19(28)26-15-8-7-14(16(21)13(15)10-22-26)23-18-25-24-17(32-18)11-5-4-6-12(9-11)27(29)30;1-2-3-4-8-5(6)7/h7-11,13-14H,5-6,12H2,1-4H3;4-10H,1-3H3,(H,23,25);2-4H2,1H3. The molecule has 8 rings (SSSR count). The number of nitro groups is 2. The van der Waals surface area contributed by atoms with Crippen LogP contribution in [0.4, 0.5) is 52.2 Å². The molecule has 0 bridgehead atoms. The van der Waals surface area contributed by atoms with Gasteiger partial charge in [0.2, 0.25) is 10.3 Å². The smallest absolute Gasteiger partial charge is 0.435 e. The van der Waals surface area contributed by atoms with Crippen molar-refractivity contribution in [2.75, 3.05) is 23.4 Å². The number of fused-ring (bicyclic) bond motifs is 2. The van der Waals surface area contributed by atoms with Crippen LogP contribution >= 0.6 is 57.5 Å². The highest BCUT2D eigenvalue weighted by Gasteiger charge is 2.29. The van der Waals surface area contributed by atoms with Gasteiger partial charge in [0, 0.05) is 57.8 Å². The second kappa shape index (κ2) is 26.6. The number of benzene rings is 4. The van der Waals surface area contributed by atoms with Crippen LogP contribution in [0.1, 0.15) is 81.1 Å². The molecule has 1 amide bonds. The van der Waals surface area contributed by atoms with Crippen LogP contribution in [0.5, 0.6) is 0 Å². The third kappa shape index (κ3) is 16.1. The fourth-order valence-corrected chi connectivity index (χ4v) is 8.90. The van der Waals surface area contributed by atoms with Gasteiger partial charge in [-0.2, -0.15) is 19.6 Å². The molecule has 1 N–H and O–H groups in total. The van der Waals surface area contributed by atoms with E-state index in [4.69, 9.17) is 49.0 Å². The van der Waals surface area contributed by atoms with Crippen molar-refractivity contribution in [1.29, 1.82) is 0 Å². The van der Waals surface area contributed by atoms with Gasteiger partial charge in [-0.15, -0.1) is 20.4 Å². The fourth-order valence-electron chi connectivity index (χ4n) is 6.67. The Morgan fingerprint density at radius 3 is 1.67 bits per heavy atom. The molecule has 0 atom stereocenters. The van der Waals surface area contributed by atoms with Crippen LogP contribution in [0.2, 0.25) is 10.0 Å². The molecule has 8 aromatic rings. The first-order valence-electron chi connectivity index (χ1n) is 23.9. The molecule has 0 spiro atoms. The summed E-state index contributed by atoms with van der Waals surface area (Å²) in [6.45, 7) is 15.2. The number of nitro benzene ring substituents is 2. The minimum Gasteiger partial charge on any atom is -0.454 e. The van der Waals surface area contributed by atoms with Crippen LogP contribution in [0.3, 0.4) is 0 Å². The van der Waals surface area contributed by atoms with Crippen LogP contribution in [-0.2, 0) is 18.9 Å². The molecule has 0 aliphatic rings. The Balaban J connectivity index is 0.000000227. The van der Waals surface area contributed by atoms with Gasteiger partial charge < -0.3 is 24.3 Å². The minimum atomic E-state index is -0.731. The van der Waals surface area contributed by atoms with Crippen molar-refractivity contribution in [3.8, 4) is 21.1 Å². The summed E-state index contributed by atoms with van der Waals surface area (Å²) in [5.41, 5.74) is 0.494. The molecule has 4 aromatic carbocycles. The van der Waals surface area contributed by atoms with Gasteiger partial charge >= 0.3 is 23.7 Å². The number of non-ortho nitro benzene ring substituents is 2. The number of halogens is 3. The topological polar surface area (TPSA) is 294 Å². The molecule has 0 unspecified atom stereocenters. The average molecular weight is 1180 g/mol. The highest BCUT2D eigenvalue weighted by molar-refractivity contribution is 7.19. The Hall–Kier alpha value is -7.91. The van der Waals surface area contributed by atoms with Gasteiger partial charge in [-0.05, 0) is 78.6 Å². The lowest BCUT2D eigenvalue weighted by molar-refractivity contribution is -0.385. The van der Waals surface area contributed by atoms with E-state index in [1.165, 1.54) is 52.9 Å². The zero-order valence-corrected chi connectivity index (χ0v) is 47.5. The van der Waals surface area contributed by atoms with E-state index in [0.717, 1.165) is 40.0 Å². The van der Waals surface area contributed by atoms with Crippen LogP contribution < -0.4 is 10.2 Å². The summed E-state index contributed by atoms with van der Waals surface area (Å²) in [4.78, 5) is 70.6.